The Morgan fingerprint density at radius 2 is 2.28 bits per heavy atom. The molecule has 1 aromatic heterocycles. The summed E-state index contributed by atoms with van der Waals surface area (Å²) in [5.41, 5.74) is 6.18. The maximum atomic E-state index is 12.1. The lowest BCUT2D eigenvalue weighted by Crippen LogP contribution is -2.06. The number of aryl methyl sites for hydroxylation is 2. The highest BCUT2D eigenvalue weighted by molar-refractivity contribution is 7.85. The van der Waals surface area contributed by atoms with Crippen molar-refractivity contribution in [2.75, 3.05) is 11.5 Å². The molecule has 0 saturated heterocycles. The molecule has 0 saturated carbocycles. The molecule has 1 unspecified atom stereocenters. The van der Waals surface area contributed by atoms with Gasteiger partial charge in [-0.1, -0.05) is 11.6 Å². The molecular formula is C12H14ClN3OS. The third-order valence-electron chi connectivity index (χ3n) is 2.63. The Labute approximate surface area is 113 Å². The number of halogens is 1. The molecule has 1 aromatic carbocycles. The fraction of sp³-hybridized carbons (Fsp3) is 0.250. The van der Waals surface area contributed by atoms with Gasteiger partial charge in [-0.2, -0.15) is 0 Å². The number of anilines is 1. The Morgan fingerprint density at radius 1 is 1.50 bits per heavy atom. The van der Waals surface area contributed by atoms with Crippen LogP contribution in [-0.4, -0.2) is 19.5 Å². The molecule has 1 heterocycles. The summed E-state index contributed by atoms with van der Waals surface area (Å²) in [5, 5.41) is 0.452. The molecule has 0 spiro atoms. The van der Waals surface area contributed by atoms with Crippen LogP contribution in [0.1, 0.15) is 5.82 Å². The maximum Gasteiger partial charge on any atom is 0.109 e. The molecule has 96 valence electrons. The van der Waals surface area contributed by atoms with E-state index in [9.17, 15) is 4.21 Å². The summed E-state index contributed by atoms with van der Waals surface area (Å²) in [6.07, 6.45) is 4.25. The van der Waals surface area contributed by atoms with Gasteiger partial charge in [-0.3, -0.25) is 4.21 Å². The lowest BCUT2D eigenvalue weighted by atomic mass is 10.3. The van der Waals surface area contributed by atoms with E-state index >= 15 is 0 Å². The average molecular weight is 284 g/mol. The van der Waals surface area contributed by atoms with Gasteiger partial charge in [-0.25, -0.2) is 4.98 Å². The minimum atomic E-state index is -1.14. The van der Waals surface area contributed by atoms with Crippen LogP contribution >= 0.6 is 11.6 Å². The molecule has 0 radical (unpaired) electrons. The van der Waals surface area contributed by atoms with E-state index in [1.54, 1.807) is 24.4 Å². The van der Waals surface area contributed by atoms with E-state index in [1.165, 1.54) is 0 Å². The Kier molecular flexibility index (Phi) is 4.04. The SMILES string of the molecule is Cn1ccnc1CCS(=O)c1ccc(N)cc1Cl. The number of hydrogen-bond donors (Lipinski definition) is 1. The van der Waals surface area contributed by atoms with E-state index in [2.05, 4.69) is 4.98 Å². The van der Waals surface area contributed by atoms with E-state index in [4.69, 9.17) is 17.3 Å². The first-order chi connectivity index (χ1) is 8.58. The maximum absolute atomic E-state index is 12.1. The molecule has 4 nitrogen and oxygen atoms in total. The Hall–Kier alpha value is -1.33. The largest absolute Gasteiger partial charge is 0.399 e. The Bertz CT molecular complexity index is 582. The van der Waals surface area contributed by atoms with Gasteiger partial charge in [-0.05, 0) is 18.2 Å². The molecule has 18 heavy (non-hydrogen) atoms. The minimum Gasteiger partial charge on any atom is -0.399 e. The molecule has 0 aliphatic heterocycles. The first kappa shape index (κ1) is 13.1. The number of nitrogens with two attached hydrogens (primary N) is 1. The van der Waals surface area contributed by atoms with Crippen molar-refractivity contribution in [2.45, 2.75) is 11.3 Å². The van der Waals surface area contributed by atoms with Crippen LogP contribution in [0.3, 0.4) is 0 Å². The fourth-order valence-corrected chi connectivity index (χ4v) is 3.16. The minimum absolute atomic E-state index is 0.452. The van der Waals surface area contributed by atoms with Crippen LogP contribution in [0.15, 0.2) is 35.5 Å². The number of hydrogen-bond acceptors (Lipinski definition) is 3. The molecule has 0 aliphatic rings. The van der Waals surface area contributed by atoms with Gasteiger partial charge in [-0.15, -0.1) is 0 Å². The van der Waals surface area contributed by atoms with Gasteiger partial charge < -0.3 is 10.3 Å². The van der Waals surface area contributed by atoms with Gasteiger partial charge in [0.1, 0.15) is 5.82 Å². The van der Waals surface area contributed by atoms with E-state index < -0.39 is 10.8 Å². The van der Waals surface area contributed by atoms with E-state index in [0.29, 0.717) is 27.8 Å². The quantitative estimate of drug-likeness (QED) is 0.873. The summed E-state index contributed by atoms with van der Waals surface area (Å²) in [6, 6.07) is 5.04. The van der Waals surface area contributed by atoms with Crippen molar-refractivity contribution in [1.29, 1.82) is 0 Å². The van der Waals surface area contributed by atoms with Crippen LogP contribution in [0.25, 0.3) is 0 Å². The highest BCUT2D eigenvalue weighted by Gasteiger charge is 2.10. The second-order valence-electron chi connectivity index (χ2n) is 3.94. The standard InChI is InChI=1S/C12H14ClN3OS/c1-16-6-5-15-12(16)4-7-18(17)11-3-2-9(14)8-10(11)13/h2-3,5-6,8H,4,7,14H2,1H3. The lowest BCUT2D eigenvalue weighted by Gasteiger charge is -2.05. The van der Waals surface area contributed by atoms with Crippen LogP contribution in [0.4, 0.5) is 5.69 Å². The number of imidazole rings is 1. The molecule has 1 atom stereocenters. The number of nitrogen functional groups attached to an aromatic ring is 1. The van der Waals surface area contributed by atoms with Crippen LogP contribution < -0.4 is 5.73 Å². The molecular weight excluding hydrogens is 270 g/mol. The number of nitrogens with zero attached hydrogens (tertiary/aromatic N) is 2. The first-order valence-electron chi connectivity index (χ1n) is 5.47. The van der Waals surface area contributed by atoms with Gasteiger partial charge in [0.05, 0.1) is 20.7 Å². The van der Waals surface area contributed by atoms with E-state index in [-0.39, 0.29) is 0 Å². The van der Waals surface area contributed by atoms with Gasteiger partial charge in [0.25, 0.3) is 0 Å². The van der Waals surface area contributed by atoms with Crippen LogP contribution in [0.2, 0.25) is 5.02 Å². The highest BCUT2D eigenvalue weighted by Crippen LogP contribution is 2.22. The number of benzene rings is 1. The highest BCUT2D eigenvalue weighted by atomic mass is 35.5. The van der Waals surface area contributed by atoms with Gasteiger partial charge >= 0.3 is 0 Å². The summed E-state index contributed by atoms with van der Waals surface area (Å²) in [7, 11) is 0.781. The van der Waals surface area contributed by atoms with Gasteiger partial charge in [0, 0.05) is 37.3 Å². The van der Waals surface area contributed by atoms with Crippen LogP contribution in [-0.2, 0) is 24.3 Å². The van der Waals surface area contributed by atoms with Crippen molar-refractivity contribution in [2.24, 2.45) is 7.05 Å². The summed E-state index contributed by atoms with van der Waals surface area (Å²) in [4.78, 5) is 4.82. The molecule has 2 N–H and O–H groups in total. The third kappa shape index (κ3) is 2.91. The fourth-order valence-electron chi connectivity index (χ4n) is 1.63. The van der Waals surface area contributed by atoms with Crippen molar-refractivity contribution in [3.8, 4) is 0 Å². The van der Waals surface area contributed by atoms with Crippen molar-refractivity contribution >= 4 is 28.1 Å². The zero-order valence-corrected chi connectivity index (χ0v) is 11.5. The molecule has 0 aliphatic carbocycles. The summed E-state index contributed by atoms with van der Waals surface area (Å²) in [6.45, 7) is 0. The molecule has 2 aromatic rings. The monoisotopic (exact) mass is 283 g/mol. The topological polar surface area (TPSA) is 60.9 Å². The zero-order chi connectivity index (χ0) is 13.1. The van der Waals surface area contributed by atoms with Crippen molar-refractivity contribution < 1.29 is 4.21 Å². The predicted molar refractivity (Wildman–Crippen MR) is 74.1 cm³/mol. The normalized spacial score (nSPS) is 12.6. The first-order valence-corrected chi connectivity index (χ1v) is 7.17. The zero-order valence-electron chi connectivity index (χ0n) is 9.97. The molecule has 0 amide bonds. The molecule has 2 rings (SSSR count). The van der Waals surface area contributed by atoms with Crippen LogP contribution in [0.5, 0.6) is 0 Å². The molecule has 0 fully saturated rings. The summed E-state index contributed by atoms with van der Waals surface area (Å²) in [5.74, 6) is 1.41. The number of aromatic nitrogens is 2. The Balaban J connectivity index is 2.06. The second kappa shape index (κ2) is 5.54. The summed E-state index contributed by atoms with van der Waals surface area (Å²) < 4.78 is 14.1. The number of rotatable bonds is 4. The second-order valence-corrected chi connectivity index (χ2v) is 5.89. The van der Waals surface area contributed by atoms with Crippen LogP contribution in [0, 0.1) is 0 Å². The van der Waals surface area contributed by atoms with Gasteiger partial charge in [0.2, 0.25) is 0 Å². The predicted octanol–water partition coefficient (Wildman–Crippen LogP) is 2.01. The average Bonchev–Trinajstić information content (AvgIpc) is 2.72. The third-order valence-corrected chi connectivity index (χ3v) is 4.48. The summed E-state index contributed by atoms with van der Waals surface area (Å²) >= 11 is 6.02. The lowest BCUT2D eigenvalue weighted by molar-refractivity contribution is 0.680. The Morgan fingerprint density at radius 3 is 2.89 bits per heavy atom. The van der Waals surface area contributed by atoms with Crippen molar-refractivity contribution in [1.82, 2.24) is 9.55 Å². The van der Waals surface area contributed by atoms with E-state index in [0.717, 1.165) is 5.82 Å². The van der Waals surface area contributed by atoms with Crippen molar-refractivity contribution in [3.05, 3.63) is 41.4 Å². The smallest absolute Gasteiger partial charge is 0.109 e. The van der Waals surface area contributed by atoms with Crippen molar-refractivity contribution in [3.63, 3.8) is 0 Å². The molecule has 6 heteroatoms. The molecule has 0 bridgehead atoms. The van der Waals surface area contributed by atoms with E-state index in [1.807, 2.05) is 17.8 Å². The van der Waals surface area contributed by atoms with Gasteiger partial charge in [0.15, 0.2) is 0 Å².